The molecule has 0 spiro atoms. The van der Waals surface area contributed by atoms with Crippen LogP contribution in [-0.4, -0.2) is 57.0 Å². The molecule has 0 unspecified atom stereocenters. The Morgan fingerprint density at radius 3 is 2.00 bits per heavy atom. The summed E-state index contributed by atoms with van der Waals surface area (Å²) in [7, 11) is 0. The van der Waals surface area contributed by atoms with Crippen molar-refractivity contribution in [2.75, 3.05) is 36.0 Å². The van der Waals surface area contributed by atoms with Gasteiger partial charge in [0.05, 0.1) is 28.1 Å². The number of aromatic amines is 3. The third-order valence-electron chi connectivity index (χ3n) is 11.6. The molecule has 5 aliphatic rings. The number of aromatic nitrogens is 4. The van der Waals surface area contributed by atoms with Crippen molar-refractivity contribution < 1.29 is 5.11 Å². The summed E-state index contributed by atoms with van der Waals surface area (Å²) < 4.78 is 1.13. The van der Waals surface area contributed by atoms with Gasteiger partial charge in [-0.25, -0.2) is 14.2 Å². The van der Waals surface area contributed by atoms with Crippen molar-refractivity contribution in [2.45, 2.75) is 43.9 Å². The molecule has 3 aromatic carbocycles. The molecule has 3 heterocycles. The van der Waals surface area contributed by atoms with E-state index in [-0.39, 0.29) is 16.7 Å². The zero-order valence-corrected chi connectivity index (χ0v) is 27.2. The van der Waals surface area contributed by atoms with Crippen LogP contribution in [0.15, 0.2) is 86.1 Å². The molecule has 5 aromatic rings. The van der Waals surface area contributed by atoms with Crippen LogP contribution in [-0.2, 0) is 5.41 Å². The highest BCUT2D eigenvalue weighted by Crippen LogP contribution is 2.60. The molecule has 2 aromatic heterocycles. The SMILES string of the molecule is O=c1[nH]c2cc(N=Cc3c(O)n(-c4ccc(C56CC7CC(CC(C7)C5)C6)cc4)c(=O)[nH]c3=O)c(N3CCN(c4ccccc4)CC3)cc2[nH]1. The van der Waals surface area contributed by atoms with Crippen molar-refractivity contribution in [3.63, 3.8) is 0 Å². The average Bonchev–Trinajstić information content (AvgIpc) is 3.46. The molecule has 11 nitrogen and oxygen atoms in total. The van der Waals surface area contributed by atoms with Crippen molar-refractivity contribution in [2.24, 2.45) is 22.7 Å². The van der Waals surface area contributed by atoms with Crippen LogP contribution >= 0.6 is 0 Å². The maximum Gasteiger partial charge on any atom is 0.335 e. The standard InChI is InChI=1S/C38H39N7O4/c46-34-29(35(47)45(37(49)42-34)28-8-6-26(7-9-28)38-19-23-14-24(20-38)16-25(15-23)21-38)22-39-32-17-30-31(41-36(48)40-30)18-33(32)44-12-10-43(11-13-44)27-4-2-1-3-5-27/h1-9,17-18,22-25,47H,10-16,19-21H2,(H2,40,41,48)(H,42,46,49). The van der Waals surface area contributed by atoms with Crippen LogP contribution in [0.25, 0.3) is 16.7 Å². The largest absolute Gasteiger partial charge is 0.493 e. The number of anilines is 2. The lowest BCUT2D eigenvalue weighted by Crippen LogP contribution is -2.48. The molecule has 10 rings (SSSR count). The Hall–Kier alpha value is -5.32. The van der Waals surface area contributed by atoms with Gasteiger partial charge in [-0.05, 0) is 104 Å². The first-order valence-corrected chi connectivity index (χ1v) is 17.4. The van der Waals surface area contributed by atoms with E-state index in [9.17, 15) is 19.5 Å². The van der Waals surface area contributed by atoms with E-state index in [0.717, 1.165) is 46.8 Å². The number of H-pyrrole nitrogens is 3. The number of rotatable bonds is 6. The van der Waals surface area contributed by atoms with Gasteiger partial charge in [0.25, 0.3) is 5.56 Å². The number of nitrogens with zero attached hydrogens (tertiary/aromatic N) is 4. The normalized spacial score (nSPS) is 24.8. The monoisotopic (exact) mass is 657 g/mol. The molecule has 4 N–H and O–H groups in total. The van der Waals surface area contributed by atoms with Crippen molar-refractivity contribution in [3.05, 3.63) is 109 Å². The Labute approximate surface area is 282 Å². The average molecular weight is 658 g/mol. The molecule has 4 saturated carbocycles. The summed E-state index contributed by atoms with van der Waals surface area (Å²) in [5.41, 5.74) is 3.78. The molecule has 11 heteroatoms. The van der Waals surface area contributed by atoms with E-state index in [1.165, 1.54) is 50.3 Å². The minimum Gasteiger partial charge on any atom is -0.493 e. The number of aliphatic imine (C=N–C) groups is 1. The van der Waals surface area contributed by atoms with Gasteiger partial charge in [0, 0.05) is 38.1 Å². The fourth-order valence-corrected chi connectivity index (χ4v) is 9.72. The van der Waals surface area contributed by atoms with E-state index in [2.05, 4.69) is 54.0 Å². The molecule has 0 atom stereocenters. The molecular weight excluding hydrogens is 618 g/mol. The number of hydrogen-bond donors (Lipinski definition) is 4. The molecule has 1 saturated heterocycles. The Kier molecular flexibility index (Phi) is 6.93. The van der Waals surface area contributed by atoms with E-state index in [1.54, 1.807) is 6.07 Å². The van der Waals surface area contributed by atoms with Gasteiger partial charge in [0.1, 0.15) is 5.56 Å². The Morgan fingerprint density at radius 2 is 1.35 bits per heavy atom. The topological polar surface area (TPSA) is 143 Å². The number of hydrogen-bond acceptors (Lipinski definition) is 7. The van der Waals surface area contributed by atoms with E-state index in [4.69, 9.17) is 0 Å². The molecule has 0 radical (unpaired) electrons. The van der Waals surface area contributed by atoms with Gasteiger partial charge in [-0.15, -0.1) is 0 Å². The number of fused-ring (bicyclic) bond motifs is 1. The van der Waals surface area contributed by atoms with Gasteiger partial charge >= 0.3 is 11.4 Å². The minimum atomic E-state index is -0.734. The maximum atomic E-state index is 13.1. The van der Waals surface area contributed by atoms with E-state index in [1.807, 2.05) is 36.4 Å². The lowest BCUT2D eigenvalue weighted by Gasteiger charge is -2.57. The van der Waals surface area contributed by atoms with Gasteiger partial charge in [-0.2, -0.15) is 0 Å². The third kappa shape index (κ3) is 5.19. The Morgan fingerprint density at radius 1 is 0.735 bits per heavy atom. The van der Waals surface area contributed by atoms with Crippen LogP contribution in [0.4, 0.5) is 17.1 Å². The van der Waals surface area contributed by atoms with Crippen LogP contribution in [0.3, 0.4) is 0 Å². The molecule has 49 heavy (non-hydrogen) atoms. The predicted molar refractivity (Wildman–Crippen MR) is 191 cm³/mol. The number of nitrogens with one attached hydrogen (secondary N) is 3. The number of piperazine rings is 1. The van der Waals surface area contributed by atoms with Gasteiger partial charge in [-0.1, -0.05) is 30.3 Å². The first kappa shape index (κ1) is 29.8. The molecule has 1 aliphatic heterocycles. The molecular formula is C38H39N7O4. The third-order valence-corrected chi connectivity index (χ3v) is 11.6. The predicted octanol–water partition coefficient (Wildman–Crippen LogP) is 4.95. The first-order chi connectivity index (χ1) is 23.8. The minimum absolute atomic E-state index is 0.132. The number of benzene rings is 3. The lowest BCUT2D eigenvalue weighted by atomic mass is 9.48. The summed E-state index contributed by atoms with van der Waals surface area (Å²) in [4.78, 5) is 55.5. The lowest BCUT2D eigenvalue weighted by molar-refractivity contribution is -0.00518. The van der Waals surface area contributed by atoms with Crippen molar-refractivity contribution in [3.8, 4) is 11.6 Å². The zero-order chi connectivity index (χ0) is 33.3. The van der Waals surface area contributed by atoms with Crippen LogP contribution in [0.5, 0.6) is 5.88 Å². The van der Waals surface area contributed by atoms with Gasteiger partial charge in [0.2, 0.25) is 5.88 Å². The van der Waals surface area contributed by atoms with Crippen LogP contribution in [0.2, 0.25) is 0 Å². The van der Waals surface area contributed by atoms with Gasteiger partial charge in [0.15, 0.2) is 0 Å². The number of para-hydroxylation sites is 1. The summed E-state index contributed by atoms with van der Waals surface area (Å²) in [6.45, 7) is 3.02. The summed E-state index contributed by atoms with van der Waals surface area (Å²) in [5.74, 6) is 1.97. The second-order valence-electron chi connectivity index (χ2n) is 14.6. The fraction of sp³-hybridized carbons (Fsp3) is 0.368. The smallest absolute Gasteiger partial charge is 0.335 e. The second kappa shape index (κ2) is 11.4. The number of aromatic hydroxyl groups is 1. The van der Waals surface area contributed by atoms with Crippen LogP contribution < -0.4 is 26.7 Å². The number of imidazole rings is 1. The van der Waals surface area contributed by atoms with E-state index in [0.29, 0.717) is 35.5 Å². The first-order valence-electron chi connectivity index (χ1n) is 17.4. The Bertz CT molecular complexity index is 2220. The summed E-state index contributed by atoms with van der Waals surface area (Å²) in [6.07, 6.45) is 9.09. The van der Waals surface area contributed by atoms with Crippen molar-refractivity contribution in [1.29, 1.82) is 0 Å². The van der Waals surface area contributed by atoms with Crippen molar-refractivity contribution >= 4 is 34.3 Å². The van der Waals surface area contributed by atoms with E-state index < -0.39 is 17.1 Å². The summed E-state index contributed by atoms with van der Waals surface area (Å²) in [6, 6.07) is 21.9. The highest BCUT2D eigenvalue weighted by molar-refractivity contribution is 5.91. The zero-order valence-electron chi connectivity index (χ0n) is 27.2. The highest BCUT2D eigenvalue weighted by atomic mass is 16.3. The molecule has 4 aliphatic carbocycles. The van der Waals surface area contributed by atoms with Gasteiger partial charge in [-0.3, -0.25) is 14.8 Å². The quantitative estimate of drug-likeness (QED) is 0.191. The molecule has 0 amide bonds. The molecule has 5 fully saturated rings. The molecule has 250 valence electrons. The van der Waals surface area contributed by atoms with Gasteiger partial charge < -0.3 is 24.9 Å². The van der Waals surface area contributed by atoms with Crippen LogP contribution in [0, 0.1) is 17.8 Å². The summed E-state index contributed by atoms with van der Waals surface area (Å²) >= 11 is 0. The van der Waals surface area contributed by atoms with E-state index >= 15 is 0 Å². The highest BCUT2D eigenvalue weighted by Gasteiger charge is 2.51. The fourth-order valence-electron chi connectivity index (χ4n) is 9.72. The van der Waals surface area contributed by atoms with Crippen molar-refractivity contribution in [1.82, 2.24) is 19.5 Å². The summed E-state index contributed by atoms with van der Waals surface area (Å²) in [5, 5.41) is 11.4. The maximum absolute atomic E-state index is 13.1. The molecule has 4 bridgehead atoms. The Balaban J connectivity index is 1.03. The van der Waals surface area contributed by atoms with Crippen LogP contribution in [0.1, 0.15) is 49.7 Å². The second-order valence-corrected chi connectivity index (χ2v) is 14.6.